The molecule has 1 atom stereocenters. The van der Waals surface area contributed by atoms with Crippen LogP contribution in [0.3, 0.4) is 0 Å². The fourth-order valence-corrected chi connectivity index (χ4v) is 6.28. The Balaban J connectivity index is 1.41. The van der Waals surface area contributed by atoms with E-state index in [1.165, 1.54) is 27.7 Å². The van der Waals surface area contributed by atoms with Gasteiger partial charge in [-0.05, 0) is 64.2 Å². The summed E-state index contributed by atoms with van der Waals surface area (Å²) >= 11 is 0. The predicted molar refractivity (Wildman–Crippen MR) is 147 cm³/mol. The number of rotatable bonds is 9. The Hall–Kier alpha value is -3.46. The number of aromatic nitrogens is 5. The number of hydrogen-bond donors (Lipinski definition) is 1. The largest absolute Gasteiger partial charge is 0.396 e. The number of ether oxygens (including phenoxy) is 1. The molecule has 5 rings (SSSR count). The number of carbonyl (C=O) groups excluding carboxylic acids is 1. The summed E-state index contributed by atoms with van der Waals surface area (Å²) < 4.78 is 76.1. The van der Waals surface area contributed by atoms with E-state index in [0.29, 0.717) is 29.6 Å². The lowest BCUT2D eigenvalue weighted by atomic mass is 9.90. The highest BCUT2D eigenvalue weighted by Crippen LogP contribution is 2.57. The number of alkyl halides is 3. The second-order valence-electron chi connectivity index (χ2n) is 11.7. The lowest BCUT2D eigenvalue weighted by molar-refractivity contribution is -0.202. The van der Waals surface area contributed by atoms with Crippen molar-refractivity contribution in [3.05, 3.63) is 47.5 Å². The number of nitrogens with one attached hydrogen (secondary N) is 1. The number of nitrogens with zero attached hydrogens (tertiary/aromatic N) is 6. The summed E-state index contributed by atoms with van der Waals surface area (Å²) in [7, 11) is -2.61. The van der Waals surface area contributed by atoms with Crippen LogP contribution in [0.5, 0.6) is 0 Å². The monoisotopic (exact) mass is 609 g/mol. The van der Waals surface area contributed by atoms with Crippen LogP contribution in [0.4, 0.5) is 19.0 Å². The molecule has 11 nitrogen and oxygen atoms in total. The van der Waals surface area contributed by atoms with E-state index in [1.54, 1.807) is 26.2 Å². The zero-order valence-electron chi connectivity index (χ0n) is 24.1. The Kier molecular flexibility index (Phi) is 7.41. The lowest BCUT2D eigenvalue weighted by Crippen LogP contribution is -2.44. The zero-order valence-corrected chi connectivity index (χ0v) is 24.9. The number of pyridine rings is 1. The first-order valence-electron chi connectivity index (χ1n) is 13.6. The molecular weight excluding hydrogens is 575 g/mol. The summed E-state index contributed by atoms with van der Waals surface area (Å²) in [5.74, 6) is 0.0751. The first-order valence-corrected chi connectivity index (χ1v) is 15.1. The molecule has 1 amide bonds. The third-order valence-corrected chi connectivity index (χ3v) is 10.2. The van der Waals surface area contributed by atoms with Crippen LogP contribution in [0, 0.1) is 18.3 Å². The average Bonchev–Trinajstić information content (AvgIpc) is 3.31. The minimum absolute atomic E-state index is 0.0617. The first kappa shape index (κ1) is 30.0. The van der Waals surface area contributed by atoms with E-state index < -0.39 is 34.1 Å². The van der Waals surface area contributed by atoms with Gasteiger partial charge in [-0.2, -0.15) is 23.4 Å². The molecule has 1 aliphatic heterocycles. The molecule has 2 fully saturated rings. The SMILES string of the molecule is Cc1c(S(=O)(=O)NC(=O)c2ccc(-n3ccc(COCC4(C(F)(F)F)CC4)n3)nc2N2CCC(C)C2(C)C)cnn1C. The maximum Gasteiger partial charge on any atom is 0.396 e. The van der Waals surface area contributed by atoms with E-state index in [0.717, 1.165) is 6.42 Å². The normalized spacial score (nSPS) is 19.7. The second kappa shape index (κ2) is 10.4. The summed E-state index contributed by atoms with van der Waals surface area (Å²) in [4.78, 5) is 20.1. The number of sulfonamides is 1. The van der Waals surface area contributed by atoms with Crippen molar-refractivity contribution >= 4 is 21.7 Å². The fraction of sp³-hybridized carbons (Fsp3) is 0.556. The van der Waals surface area contributed by atoms with Gasteiger partial charge in [0, 0.05) is 25.3 Å². The van der Waals surface area contributed by atoms with Gasteiger partial charge in [-0.25, -0.2) is 22.8 Å². The molecule has 228 valence electrons. The minimum atomic E-state index is -4.29. The lowest BCUT2D eigenvalue weighted by Gasteiger charge is -2.36. The van der Waals surface area contributed by atoms with Crippen molar-refractivity contribution in [3.63, 3.8) is 0 Å². The maximum absolute atomic E-state index is 13.4. The third-order valence-electron chi connectivity index (χ3n) is 8.72. The van der Waals surface area contributed by atoms with Gasteiger partial charge < -0.3 is 9.64 Å². The molecule has 1 aliphatic carbocycles. The van der Waals surface area contributed by atoms with Crippen LogP contribution in [0.25, 0.3) is 5.82 Å². The number of carbonyl (C=O) groups is 1. The van der Waals surface area contributed by atoms with E-state index in [9.17, 15) is 26.4 Å². The number of halogens is 3. The van der Waals surface area contributed by atoms with E-state index in [4.69, 9.17) is 9.72 Å². The third kappa shape index (κ3) is 5.39. The van der Waals surface area contributed by atoms with E-state index >= 15 is 0 Å². The molecular formula is C27H34F3N7O4S. The number of hydrogen-bond acceptors (Lipinski definition) is 8. The van der Waals surface area contributed by atoms with Crippen LogP contribution >= 0.6 is 0 Å². The molecule has 15 heteroatoms. The van der Waals surface area contributed by atoms with Gasteiger partial charge in [0.25, 0.3) is 15.9 Å². The molecule has 0 radical (unpaired) electrons. The standard InChI is InChI=1S/C27H34F3N7O4S/c1-17-8-12-36(25(17,3)4)23-20(24(38)34-42(39,40)21-14-31-35(5)18(21)2)6-7-22(32-23)37-13-9-19(33-37)15-41-16-26(10-11-26)27(28,29)30/h6-7,9,13-14,17H,8,10-12,15-16H2,1-5H3,(H,34,38). The summed E-state index contributed by atoms with van der Waals surface area (Å²) in [6.45, 7) is 7.84. The quantitative estimate of drug-likeness (QED) is 0.387. The van der Waals surface area contributed by atoms with Crippen molar-refractivity contribution in [3.8, 4) is 5.82 Å². The van der Waals surface area contributed by atoms with Crippen molar-refractivity contribution in [2.75, 3.05) is 18.1 Å². The number of anilines is 1. The Morgan fingerprint density at radius 3 is 2.50 bits per heavy atom. The molecule has 4 heterocycles. The Bertz CT molecular complexity index is 1610. The van der Waals surface area contributed by atoms with Crippen LogP contribution in [0.1, 0.15) is 61.8 Å². The van der Waals surface area contributed by atoms with Gasteiger partial charge >= 0.3 is 6.18 Å². The molecule has 0 spiro atoms. The molecule has 3 aromatic rings. The van der Waals surface area contributed by atoms with E-state index in [1.807, 2.05) is 18.7 Å². The van der Waals surface area contributed by atoms with Crippen molar-refractivity contribution in [1.82, 2.24) is 29.3 Å². The van der Waals surface area contributed by atoms with Crippen LogP contribution in [-0.4, -0.2) is 63.7 Å². The minimum Gasteiger partial charge on any atom is -0.374 e. The Morgan fingerprint density at radius 2 is 1.93 bits per heavy atom. The van der Waals surface area contributed by atoms with Gasteiger partial charge in [0.1, 0.15) is 10.7 Å². The first-order chi connectivity index (χ1) is 19.6. The molecule has 0 aromatic carbocycles. The van der Waals surface area contributed by atoms with Crippen LogP contribution < -0.4 is 9.62 Å². The van der Waals surface area contributed by atoms with Crippen molar-refractivity contribution < 1.29 is 31.1 Å². The molecule has 42 heavy (non-hydrogen) atoms. The van der Waals surface area contributed by atoms with Gasteiger partial charge in [-0.15, -0.1) is 0 Å². The van der Waals surface area contributed by atoms with Crippen molar-refractivity contribution in [2.24, 2.45) is 18.4 Å². The predicted octanol–water partition coefficient (Wildman–Crippen LogP) is 3.91. The number of aryl methyl sites for hydroxylation is 1. The van der Waals surface area contributed by atoms with Gasteiger partial charge in [0.15, 0.2) is 5.82 Å². The van der Waals surface area contributed by atoms with E-state index in [-0.39, 0.29) is 41.4 Å². The summed E-state index contributed by atoms with van der Waals surface area (Å²) in [6, 6.07) is 4.66. The summed E-state index contributed by atoms with van der Waals surface area (Å²) in [5, 5.41) is 8.37. The smallest absolute Gasteiger partial charge is 0.374 e. The van der Waals surface area contributed by atoms with Crippen LogP contribution in [-0.2, 0) is 28.4 Å². The summed E-state index contributed by atoms with van der Waals surface area (Å²) in [5.41, 5.74) is -1.27. The Morgan fingerprint density at radius 1 is 1.21 bits per heavy atom. The molecule has 1 N–H and O–H groups in total. The van der Waals surface area contributed by atoms with Gasteiger partial charge in [-0.3, -0.25) is 9.48 Å². The summed E-state index contributed by atoms with van der Waals surface area (Å²) in [6.07, 6.45) is -0.536. The van der Waals surface area contributed by atoms with E-state index in [2.05, 4.69) is 21.8 Å². The topological polar surface area (TPSA) is 124 Å². The fourth-order valence-electron chi connectivity index (χ4n) is 5.11. The van der Waals surface area contributed by atoms with Crippen LogP contribution in [0.15, 0.2) is 35.5 Å². The molecule has 1 saturated carbocycles. The van der Waals surface area contributed by atoms with Crippen LogP contribution in [0.2, 0.25) is 0 Å². The molecule has 1 unspecified atom stereocenters. The molecule has 3 aromatic heterocycles. The maximum atomic E-state index is 13.4. The Labute approximate surface area is 242 Å². The number of amides is 1. The zero-order chi connectivity index (χ0) is 30.7. The van der Waals surface area contributed by atoms with Crippen molar-refractivity contribution in [1.29, 1.82) is 0 Å². The molecule has 2 aliphatic rings. The highest BCUT2D eigenvalue weighted by atomic mass is 32.2. The van der Waals surface area contributed by atoms with Crippen molar-refractivity contribution in [2.45, 2.75) is 70.2 Å². The molecule has 1 saturated heterocycles. The highest BCUT2D eigenvalue weighted by molar-refractivity contribution is 7.90. The molecule has 0 bridgehead atoms. The van der Waals surface area contributed by atoms with Gasteiger partial charge in [0.2, 0.25) is 0 Å². The second-order valence-corrected chi connectivity index (χ2v) is 13.4. The average molecular weight is 610 g/mol. The van der Waals surface area contributed by atoms with Gasteiger partial charge in [-0.1, -0.05) is 6.92 Å². The van der Waals surface area contributed by atoms with Gasteiger partial charge in [0.05, 0.1) is 41.8 Å². The highest BCUT2D eigenvalue weighted by Gasteiger charge is 2.63.